The van der Waals surface area contributed by atoms with E-state index in [1.165, 1.54) is 20.8 Å². The summed E-state index contributed by atoms with van der Waals surface area (Å²) in [7, 11) is 0. The Morgan fingerprint density at radius 3 is 1.50 bits per heavy atom. The van der Waals surface area contributed by atoms with Gasteiger partial charge < -0.3 is 14.4 Å². The van der Waals surface area contributed by atoms with Crippen LogP contribution in [0.15, 0.2) is 0 Å². The molecule has 0 saturated carbocycles. The smallest absolute Gasteiger partial charge is 0.302 e. The first-order chi connectivity index (χ1) is 9.40. The fourth-order valence-electron chi connectivity index (χ4n) is 3.48. The quantitative estimate of drug-likeness (QED) is 0.708. The molecule has 6 nitrogen and oxygen atoms in total. The van der Waals surface area contributed by atoms with Gasteiger partial charge in [-0.1, -0.05) is 0 Å². The van der Waals surface area contributed by atoms with Gasteiger partial charge in [-0.3, -0.25) is 14.4 Å². The van der Waals surface area contributed by atoms with Crippen LogP contribution >= 0.6 is 0 Å². The van der Waals surface area contributed by atoms with Crippen molar-refractivity contribution < 1.29 is 23.9 Å². The zero-order valence-electron chi connectivity index (χ0n) is 12.1. The van der Waals surface area contributed by atoms with Crippen molar-refractivity contribution in [1.29, 1.82) is 0 Å². The van der Waals surface area contributed by atoms with Crippen LogP contribution in [-0.4, -0.2) is 47.0 Å². The highest BCUT2D eigenvalue weighted by atomic mass is 16.6. The molecule has 2 aliphatic rings. The Balaban J connectivity index is 2.23. The van der Waals surface area contributed by atoms with Crippen LogP contribution in [0.2, 0.25) is 0 Å². The number of carbonyl (C=O) groups is 3. The third kappa shape index (κ3) is 2.94. The summed E-state index contributed by atoms with van der Waals surface area (Å²) in [5, 5.41) is 0. The fourth-order valence-corrected chi connectivity index (χ4v) is 3.48. The van der Waals surface area contributed by atoms with Gasteiger partial charge in [-0.25, -0.2) is 0 Å². The van der Waals surface area contributed by atoms with Gasteiger partial charge in [0.1, 0.15) is 12.2 Å². The molecule has 0 N–H and O–H groups in total. The highest BCUT2D eigenvalue weighted by molar-refractivity contribution is 5.75. The summed E-state index contributed by atoms with van der Waals surface area (Å²) in [5.74, 6) is -0.741. The van der Waals surface area contributed by atoms with Crippen LogP contribution in [0.25, 0.3) is 0 Å². The molecule has 1 amide bonds. The molecule has 0 unspecified atom stereocenters. The lowest BCUT2D eigenvalue weighted by Crippen LogP contribution is -2.48. The molecule has 20 heavy (non-hydrogen) atoms. The summed E-state index contributed by atoms with van der Waals surface area (Å²) < 4.78 is 10.7. The molecular formula is C14H21NO5. The highest BCUT2D eigenvalue weighted by Crippen LogP contribution is 2.37. The maximum atomic E-state index is 11.9. The number of amides is 1. The van der Waals surface area contributed by atoms with E-state index in [0.29, 0.717) is 12.8 Å². The molecule has 2 fully saturated rings. The molecule has 6 heteroatoms. The Bertz CT molecular complexity index is 390. The number of hydrogen-bond donors (Lipinski definition) is 0. The van der Waals surface area contributed by atoms with Crippen molar-refractivity contribution in [2.45, 2.75) is 70.7 Å². The van der Waals surface area contributed by atoms with E-state index in [9.17, 15) is 14.4 Å². The van der Waals surface area contributed by atoms with Crippen LogP contribution in [0.4, 0.5) is 0 Å². The first kappa shape index (κ1) is 14.8. The Morgan fingerprint density at radius 2 is 1.20 bits per heavy atom. The lowest BCUT2D eigenvalue weighted by Gasteiger charge is -2.32. The van der Waals surface area contributed by atoms with Crippen molar-refractivity contribution in [1.82, 2.24) is 4.90 Å². The molecule has 0 spiro atoms. The predicted molar refractivity (Wildman–Crippen MR) is 69.7 cm³/mol. The van der Waals surface area contributed by atoms with Gasteiger partial charge >= 0.3 is 11.9 Å². The zero-order chi connectivity index (χ0) is 14.9. The molecule has 2 rings (SSSR count). The molecule has 2 bridgehead atoms. The number of nitrogens with zero attached hydrogens (tertiary/aromatic N) is 1. The van der Waals surface area contributed by atoms with E-state index in [-0.39, 0.29) is 42.1 Å². The summed E-state index contributed by atoms with van der Waals surface area (Å²) in [6.07, 6.45) is 2.18. The second-order valence-corrected chi connectivity index (χ2v) is 5.51. The molecule has 2 heterocycles. The fraction of sp³-hybridized carbons (Fsp3) is 0.786. The first-order valence-corrected chi connectivity index (χ1v) is 7.03. The maximum Gasteiger partial charge on any atom is 0.302 e. The van der Waals surface area contributed by atoms with E-state index < -0.39 is 0 Å². The zero-order valence-corrected chi connectivity index (χ0v) is 12.1. The van der Waals surface area contributed by atoms with Crippen LogP contribution in [0, 0.1) is 0 Å². The highest BCUT2D eigenvalue weighted by Gasteiger charge is 2.48. The molecular weight excluding hydrogens is 262 g/mol. The Morgan fingerprint density at radius 1 is 0.800 bits per heavy atom. The lowest BCUT2D eigenvalue weighted by molar-refractivity contribution is -0.153. The van der Waals surface area contributed by atoms with Crippen molar-refractivity contribution in [3.8, 4) is 0 Å². The van der Waals surface area contributed by atoms with Gasteiger partial charge in [0, 0.05) is 20.8 Å². The topological polar surface area (TPSA) is 72.9 Å². The Labute approximate surface area is 118 Å². The van der Waals surface area contributed by atoms with E-state index in [0.717, 1.165) is 12.8 Å². The minimum atomic E-state index is -0.340. The van der Waals surface area contributed by atoms with Gasteiger partial charge in [0.05, 0.1) is 12.1 Å². The molecule has 0 aliphatic carbocycles. The Kier molecular flexibility index (Phi) is 4.30. The average Bonchev–Trinajstić information content (AvgIpc) is 2.69. The average molecular weight is 283 g/mol. The van der Waals surface area contributed by atoms with Gasteiger partial charge in [-0.2, -0.15) is 0 Å². The summed E-state index contributed by atoms with van der Waals surface area (Å²) in [5.41, 5.74) is 0. The second kappa shape index (κ2) is 5.81. The second-order valence-electron chi connectivity index (χ2n) is 5.51. The summed E-state index contributed by atoms with van der Waals surface area (Å²) in [6.45, 7) is 4.25. The molecule has 4 atom stereocenters. The normalized spacial score (nSPS) is 32.5. The number of rotatable bonds is 2. The van der Waals surface area contributed by atoms with Gasteiger partial charge in [-0.15, -0.1) is 0 Å². The Hall–Kier alpha value is -1.59. The van der Waals surface area contributed by atoms with Gasteiger partial charge in [0.15, 0.2) is 0 Å². The predicted octanol–water partition coefficient (Wildman–Crippen LogP) is 1.02. The first-order valence-electron chi connectivity index (χ1n) is 7.03. The molecule has 0 aromatic rings. The summed E-state index contributed by atoms with van der Waals surface area (Å²) >= 11 is 0. The number of ether oxygens (including phenoxy) is 2. The standard InChI is InChI=1S/C14H21NO5/c1-8(16)15-11-4-5-12(15)14(20-10(3)18)7-6-13(11)19-9(2)17/h11-14H,4-7H2,1-3H3/t11-,12+,13-,14-/m0/s1. The molecule has 0 radical (unpaired) electrons. The van der Waals surface area contributed by atoms with Crippen LogP contribution in [-0.2, 0) is 23.9 Å². The van der Waals surface area contributed by atoms with E-state index in [1.807, 2.05) is 0 Å². The van der Waals surface area contributed by atoms with Crippen LogP contribution in [0.5, 0.6) is 0 Å². The monoisotopic (exact) mass is 283 g/mol. The third-order valence-corrected chi connectivity index (χ3v) is 4.07. The van der Waals surface area contributed by atoms with Crippen molar-refractivity contribution in [3.63, 3.8) is 0 Å². The van der Waals surface area contributed by atoms with Crippen molar-refractivity contribution in [2.75, 3.05) is 0 Å². The van der Waals surface area contributed by atoms with Crippen molar-refractivity contribution in [3.05, 3.63) is 0 Å². The maximum absolute atomic E-state index is 11.9. The van der Waals surface area contributed by atoms with Crippen LogP contribution in [0.3, 0.4) is 0 Å². The van der Waals surface area contributed by atoms with Gasteiger partial charge in [0.2, 0.25) is 5.91 Å². The number of hydrogen-bond acceptors (Lipinski definition) is 5. The minimum Gasteiger partial charge on any atom is -0.460 e. The van der Waals surface area contributed by atoms with Gasteiger partial charge in [-0.05, 0) is 25.7 Å². The van der Waals surface area contributed by atoms with Crippen molar-refractivity contribution in [2.24, 2.45) is 0 Å². The molecule has 112 valence electrons. The SMILES string of the molecule is CC(=O)O[C@H]1CC[C@H](OC(C)=O)[C@@H]2CC[C@H]1N2C(C)=O. The summed E-state index contributed by atoms with van der Waals surface area (Å²) in [4.78, 5) is 36.1. The van der Waals surface area contributed by atoms with Crippen LogP contribution < -0.4 is 0 Å². The van der Waals surface area contributed by atoms with E-state index in [2.05, 4.69) is 0 Å². The molecule has 2 saturated heterocycles. The number of esters is 2. The molecule has 0 aromatic heterocycles. The summed E-state index contributed by atoms with van der Waals surface area (Å²) in [6, 6.07) is -0.191. The molecule has 2 aliphatic heterocycles. The van der Waals surface area contributed by atoms with E-state index in [4.69, 9.17) is 9.47 Å². The largest absolute Gasteiger partial charge is 0.460 e. The molecule has 0 aromatic carbocycles. The number of carbonyl (C=O) groups excluding carboxylic acids is 3. The third-order valence-electron chi connectivity index (χ3n) is 4.07. The van der Waals surface area contributed by atoms with E-state index in [1.54, 1.807) is 4.90 Å². The van der Waals surface area contributed by atoms with Gasteiger partial charge in [0.25, 0.3) is 0 Å². The minimum absolute atomic E-state index is 0.0614. The van der Waals surface area contributed by atoms with Crippen molar-refractivity contribution >= 4 is 17.8 Å². The number of fused-ring (bicyclic) bond motifs is 2. The lowest BCUT2D eigenvalue weighted by atomic mass is 9.96. The van der Waals surface area contributed by atoms with E-state index >= 15 is 0 Å². The van der Waals surface area contributed by atoms with Crippen LogP contribution in [0.1, 0.15) is 46.5 Å².